The second kappa shape index (κ2) is 6.30. The Morgan fingerprint density at radius 3 is 3.06 bits per heavy atom. The Morgan fingerprint density at radius 1 is 1.47 bits per heavy atom. The molecule has 2 heterocycles. The van der Waals surface area contributed by atoms with Crippen LogP contribution in [0.15, 0.2) is 18.3 Å². The van der Waals surface area contributed by atoms with Gasteiger partial charge in [0.2, 0.25) is 5.91 Å². The number of rotatable bonds is 4. The standard InChI is InChI=1S/C12H15IN2O2/c13-11-4-3-10(8-14-11)2-1-5-15-6-7-17-9-12(15)16/h3-4,8H,1-2,5-7,9H2. The van der Waals surface area contributed by atoms with Crippen molar-refractivity contribution in [2.24, 2.45) is 0 Å². The fraction of sp³-hybridized carbons (Fsp3) is 0.500. The molecule has 1 aliphatic heterocycles. The maximum Gasteiger partial charge on any atom is 0.248 e. The number of carbonyl (C=O) groups excluding carboxylic acids is 1. The first-order valence-electron chi connectivity index (χ1n) is 5.71. The number of carbonyl (C=O) groups is 1. The van der Waals surface area contributed by atoms with Crippen molar-refractivity contribution in [3.05, 3.63) is 27.6 Å². The van der Waals surface area contributed by atoms with Crippen molar-refractivity contribution in [2.75, 3.05) is 26.3 Å². The number of hydrogen-bond donors (Lipinski definition) is 0. The molecule has 0 unspecified atom stereocenters. The Bertz CT molecular complexity index is 381. The summed E-state index contributed by atoms with van der Waals surface area (Å²) in [7, 11) is 0. The smallest absolute Gasteiger partial charge is 0.248 e. The fourth-order valence-electron chi connectivity index (χ4n) is 1.82. The molecule has 92 valence electrons. The van der Waals surface area contributed by atoms with Crippen LogP contribution in [0.25, 0.3) is 0 Å². The Balaban J connectivity index is 1.75. The molecule has 0 aliphatic carbocycles. The number of ether oxygens (including phenoxy) is 1. The molecule has 1 fully saturated rings. The first-order valence-corrected chi connectivity index (χ1v) is 6.79. The quantitative estimate of drug-likeness (QED) is 0.613. The number of pyridine rings is 1. The molecule has 4 nitrogen and oxygen atoms in total. The van der Waals surface area contributed by atoms with Gasteiger partial charge in [-0.25, -0.2) is 0 Å². The van der Waals surface area contributed by atoms with E-state index in [1.807, 2.05) is 17.2 Å². The Kier molecular flexibility index (Phi) is 4.73. The predicted molar refractivity (Wildman–Crippen MR) is 72.7 cm³/mol. The molecule has 0 N–H and O–H groups in total. The second-order valence-electron chi connectivity index (χ2n) is 4.03. The minimum atomic E-state index is 0.108. The zero-order chi connectivity index (χ0) is 12.1. The molecule has 1 amide bonds. The van der Waals surface area contributed by atoms with Gasteiger partial charge >= 0.3 is 0 Å². The number of aromatic nitrogens is 1. The molecular formula is C12H15IN2O2. The van der Waals surface area contributed by atoms with Crippen LogP contribution in [0.4, 0.5) is 0 Å². The average molecular weight is 346 g/mol. The van der Waals surface area contributed by atoms with Gasteiger partial charge in [0.05, 0.1) is 6.61 Å². The van der Waals surface area contributed by atoms with E-state index in [2.05, 4.69) is 33.6 Å². The van der Waals surface area contributed by atoms with E-state index in [1.54, 1.807) is 0 Å². The lowest BCUT2D eigenvalue weighted by Gasteiger charge is -2.26. The van der Waals surface area contributed by atoms with Crippen LogP contribution in [0.2, 0.25) is 0 Å². The topological polar surface area (TPSA) is 42.4 Å². The largest absolute Gasteiger partial charge is 0.370 e. The molecule has 5 heteroatoms. The molecule has 1 aromatic rings. The van der Waals surface area contributed by atoms with Gasteiger partial charge in [-0.15, -0.1) is 0 Å². The monoisotopic (exact) mass is 346 g/mol. The number of hydrogen-bond acceptors (Lipinski definition) is 3. The summed E-state index contributed by atoms with van der Waals surface area (Å²) in [6, 6.07) is 4.10. The zero-order valence-electron chi connectivity index (χ0n) is 9.56. The first-order chi connectivity index (χ1) is 8.25. The van der Waals surface area contributed by atoms with Crippen molar-refractivity contribution in [3.8, 4) is 0 Å². The molecule has 0 radical (unpaired) electrons. The summed E-state index contributed by atoms with van der Waals surface area (Å²) in [6.45, 7) is 2.44. The maximum absolute atomic E-state index is 11.5. The van der Waals surface area contributed by atoms with Crippen molar-refractivity contribution in [1.29, 1.82) is 0 Å². The number of morpholine rings is 1. The van der Waals surface area contributed by atoms with Crippen LogP contribution in [0.5, 0.6) is 0 Å². The summed E-state index contributed by atoms with van der Waals surface area (Å²) >= 11 is 2.19. The summed E-state index contributed by atoms with van der Waals surface area (Å²) < 4.78 is 6.10. The van der Waals surface area contributed by atoms with Crippen LogP contribution >= 0.6 is 22.6 Å². The number of amides is 1. The Hall–Kier alpha value is -0.690. The summed E-state index contributed by atoms with van der Waals surface area (Å²) in [5, 5.41) is 0. The van der Waals surface area contributed by atoms with E-state index in [4.69, 9.17) is 4.74 Å². The van der Waals surface area contributed by atoms with Crippen LogP contribution in [0.1, 0.15) is 12.0 Å². The van der Waals surface area contributed by atoms with Crippen molar-refractivity contribution in [3.63, 3.8) is 0 Å². The van der Waals surface area contributed by atoms with E-state index in [-0.39, 0.29) is 12.5 Å². The highest BCUT2D eigenvalue weighted by Gasteiger charge is 2.17. The van der Waals surface area contributed by atoms with Gasteiger partial charge in [-0.2, -0.15) is 0 Å². The third-order valence-electron chi connectivity index (χ3n) is 2.77. The van der Waals surface area contributed by atoms with Gasteiger partial charge in [-0.05, 0) is 47.1 Å². The second-order valence-corrected chi connectivity index (χ2v) is 5.13. The molecular weight excluding hydrogens is 331 g/mol. The maximum atomic E-state index is 11.5. The third-order valence-corrected chi connectivity index (χ3v) is 3.40. The normalized spacial score (nSPS) is 16.3. The lowest BCUT2D eigenvalue weighted by molar-refractivity contribution is -0.142. The average Bonchev–Trinajstić information content (AvgIpc) is 2.34. The molecule has 0 aromatic carbocycles. The van der Waals surface area contributed by atoms with Crippen molar-refractivity contribution in [2.45, 2.75) is 12.8 Å². The van der Waals surface area contributed by atoms with Crippen LogP contribution in [-0.4, -0.2) is 42.1 Å². The third kappa shape index (κ3) is 3.92. The molecule has 1 aliphatic rings. The first kappa shape index (κ1) is 12.8. The molecule has 1 aromatic heterocycles. The Labute approximate surface area is 114 Å². The SMILES string of the molecule is O=C1COCCN1CCCc1ccc(I)nc1. The predicted octanol–water partition coefficient (Wildman–Crippen LogP) is 1.48. The lowest BCUT2D eigenvalue weighted by Crippen LogP contribution is -2.42. The van der Waals surface area contributed by atoms with Crippen molar-refractivity contribution >= 4 is 28.5 Å². The number of aryl methyl sites for hydroxylation is 1. The van der Waals surface area contributed by atoms with Gasteiger partial charge in [-0.3, -0.25) is 9.78 Å². The molecule has 0 spiro atoms. The summed E-state index contributed by atoms with van der Waals surface area (Å²) in [6.07, 6.45) is 3.85. The van der Waals surface area contributed by atoms with E-state index in [9.17, 15) is 4.79 Å². The summed E-state index contributed by atoms with van der Waals surface area (Å²) in [4.78, 5) is 17.6. The van der Waals surface area contributed by atoms with Gasteiger partial charge in [0.15, 0.2) is 0 Å². The zero-order valence-corrected chi connectivity index (χ0v) is 11.7. The van der Waals surface area contributed by atoms with E-state index in [0.717, 1.165) is 29.6 Å². The highest BCUT2D eigenvalue weighted by molar-refractivity contribution is 14.1. The van der Waals surface area contributed by atoms with Crippen molar-refractivity contribution < 1.29 is 9.53 Å². The molecule has 0 atom stereocenters. The van der Waals surface area contributed by atoms with Crippen LogP contribution < -0.4 is 0 Å². The number of halogens is 1. The van der Waals surface area contributed by atoms with Gasteiger partial charge in [0.25, 0.3) is 0 Å². The van der Waals surface area contributed by atoms with Gasteiger partial charge in [0, 0.05) is 19.3 Å². The minimum Gasteiger partial charge on any atom is -0.370 e. The van der Waals surface area contributed by atoms with Gasteiger partial charge in [-0.1, -0.05) is 6.07 Å². The van der Waals surface area contributed by atoms with Gasteiger partial charge in [0.1, 0.15) is 10.3 Å². The molecule has 2 rings (SSSR count). The summed E-state index contributed by atoms with van der Waals surface area (Å²) in [5.74, 6) is 0.108. The number of nitrogens with zero attached hydrogens (tertiary/aromatic N) is 2. The molecule has 1 saturated heterocycles. The van der Waals surface area contributed by atoms with E-state index in [1.165, 1.54) is 5.56 Å². The highest BCUT2D eigenvalue weighted by Crippen LogP contribution is 2.07. The highest BCUT2D eigenvalue weighted by atomic mass is 127. The molecule has 0 bridgehead atoms. The fourth-order valence-corrected chi connectivity index (χ4v) is 2.13. The van der Waals surface area contributed by atoms with Crippen LogP contribution in [0.3, 0.4) is 0 Å². The van der Waals surface area contributed by atoms with Crippen LogP contribution in [-0.2, 0) is 16.0 Å². The van der Waals surface area contributed by atoms with E-state index in [0.29, 0.717) is 6.61 Å². The molecule has 0 saturated carbocycles. The molecule has 17 heavy (non-hydrogen) atoms. The summed E-state index contributed by atoms with van der Waals surface area (Å²) in [5.41, 5.74) is 1.23. The van der Waals surface area contributed by atoms with Crippen molar-refractivity contribution in [1.82, 2.24) is 9.88 Å². The van der Waals surface area contributed by atoms with Crippen LogP contribution in [0, 0.1) is 3.70 Å². The lowest BCUT2D eigenvalue weighted by atomic mass is 10.1. The minimum absolute atomic E-state index is 0.108. The van der Waals surface area contributed by atoms with Gasteiger partial charge < -0.3 is 9.64 Å². The Morgan fingerprint density at radius 2 is 2.35 bits per heavy atom. The van der Waals surface area contributed by atoms with E-state index < -0.39 is 0 Å². The van der Waals surface area contributed by atoms with E-state index >= 15 is 0 Å².